The molecule has 11 nitrogen and oxygen atoms in total. The molecule has 0 aromatic heterocycles. The molecule has 1 N–H and O–H groups in total. The summed E-state index contributed by atoms with van der Waals surface area (Å²) in [5.41, 5.74) is 1.64. The van der Waals surface area contributed by atoms with Crippen LogP contribution in [0.5, 0.6) is 5.75 Å². The van der Waals surface area contributed by atoms with Crippen molar-refractivity contribution in [1.29, 1.82) is 0 Å². The summed E-state index contributed by atoms with van der Waals surface area (Å²) < 4.78 is 37.1. The van der Waals surface area contributed by atoms with E-state index in [2.05, 4.69) is 10.2 Å². The quantitative estimate of drug-likeness (QED) is 0.353. The number of nitrogens with zero attached hydrogens (tertiary/aromatic N) is 3. The first-order valence-corrected chi connectivity index (χ1v) is 13.5. The smallest absolute Gasteiger partial charge is 0.271 e. The van der Waals surface area contributed by atoms with E-state index in [1.807, 2.05) is 24.3 Å². The number of nitrogens with one attached hydrogen (secondary N) is 1. The molecule has 36 heavy (non-hydrogen) atoms. The highest BCUT2D eigenvalue weighted by Crippen LogP contribution is 2.35. The second-order valence-electron chi connectivity index (χ2n) is 8.52. The number of hydrogen-bond donors (Lipinski definition) is 1. The minimum absolute atomic E-state index is 0.0661. The van der Waals surface area contributed by atoms with Gasteiger partial charge >= 0.3 is 0 Å². The van der Waals surface area contributed by atoms with Crippen molar-refractivity contribution in [2.45, 2.75) is 32.5 Å². The zero-order valence-corrected chi connectivity index (χ0v) is 21.5. The molecule has 2 aromatic rings. The summed E-state index contributed by atoms with van der Waals surface area (Å²) in [7, 11) is -2.67. The summed E-state index contributed by atoms with van der Waals surface area (Å²) >= 11 is 0. The van der Waals surface area contributed by atoms with E-state index in [1.54, 1.807) is 6.92 Å². The number of rotatable bonds is 11. The van der Waals surface area contributed by atoms with E-state index in [-0.39, 0.29) is 30.1 Å². The summed E-state index contributed by atoms with van der Waals surface area (Å²) in [5.74, 6) is -0.415. The van der Waals surface area contributed by atoms with Crippen LogP contribution in [-0.2, 0) is 32.6 Å². The van der Waals surface area contributed by atoms with Gasteiger partial charge in [0.2, 0.25) is 15.9 Å². The molecule has 0 radical (unpaired) electrons. The number of hydrogen-bond acceptors (Lipinski definition) is 8. The Morgan fingerprint density at radius 1 is 1.19 bits per heavy atom. The van der Waals surface area contributed by atoms with Crippen LogP contribution in [0.4, 0.5) is 11.4 Å². The van der Waals surface area contributed by atoms with Crippen LogP contribution in [0, 0.1) is 10.1 Å². The standard InChI is InChI=1S/C24H32N4O7S/c1-4-21(27(36(3,32)33)22-15-20(28(30)31)9-10-23(22)34-2)24(29)25-16-18-5-7-19(8-6-18)17-26-11-13-35-14-12-26/h5-10,15,21H,4,11-14,16-17H2,1-3H3,(H,25,29). The van der Waals surface area contributed by atoms with E-state index < -0.39 is 26.9 Å². The maximum atomic E-state index is 13.1. The third-order valence-electron chi connectivity index (χ3n) is 5.94. The topological polar surface area (TPSA) is 131 Å². The number of sulfonamides is 1. The molecule has 1 amide bonds. The zero-order valence-electron chi connectivity index (χ0n) is 20.7. The first-order chi connectivity index (χ1) is 17.1. The summed E-state index contributed by atoms with van der Waals surface area (Å²) in [5, 5.41) is 14.1. The van der Waals surface area contributed by atoms with Gasteiger partial charge in [-0.2, -0.15) is 0 Å². The molecular weight excluding hydrogens is 488 g/mol. The Morgan fingerprint density at radius 2 is 1.83 bits per heavy atom. The average molecular weight is 521 g/mol. The van der Waals surface area contributed by atoms with E-state index in [4.69, 9.17) is 9.47 Å². The van der Waals surface area contributed by atoms with E-state index in [0.717, 1.165) is 60.6 Å². The van der Waals surface area contributed by atoms with Crippen molar-refractivity contribution >= 4 is 27.3 Å². The maximum Gasteiger partial charge on any atom is 0.271 e. The Balaban J connectivity index is 1.75. The molecule has 0 aliphatic carbocycles. The molecule has 12 heteroatoms. The molecular formula is C24H32N4O7S. The van der Waals surface area contributed by atoms with Gasteiger partial charge in [-0.15, -0.1) is 0 Å². The lowest BCUT2D eigenvalue weighted by atomic mass is 10.1. The third kappa shape index (κ3) is 6.93. The number of ether oxygens (including phenoxy) is 2. The minimum atomic E-state index is -4.00. The van der Waals surface area contributed by atoms with Gasteiger partial charge in [0.15, 0.2) is 0 Å². The van der Waals surface area contributed by atoms with Crippen molar-refractivity contribution in [1.82, 2.24) is 10.2 Å². The van der Waals surface area contributed by atoms with Crippen molar-refractivity contribution in [3.8, 4) is 5.75 Å². The molecule has 1 fully saturated rings. The number of nitro groups is 1. The van der Waals surface area contributed by atoms with E-state index >= 15 is 0 Å². The number of carbonyl (C=O) groups excluding carboxylic acids is 1. The summed E-state index contributed by atoms with van der Waals surface area (Å²) in [6.45, 7) is 5.95. The number of non-ortho nitro benzene ring substituents is 1. The second kappa shape index (κ2) is 12.2. The van der Waals surface area contributed by atoms with Gasteiger partial charge in [-0.3, -0.25) is 24.1 Å². The lowest BCUT2D eigenvalue weighted by Gasteiger charge is -2.31. The molecule has 2 aromatic carbocycles. The average Bonchev–Trinajstić information content (AvgIpc) is 2.86. The highest BCUT2D eigenvalue weighted by molar-refractivity contribution is 7.92. The van der Waals surface area contributed by atoms with Crippen molar-refractivity contribution in [2.75, 3.05) is 44.0 Å². The molecule has 1 saturated heterocycles. The Hall–Kier alpha value is -3.22. The monoisotopic (exact) mass is 520 g/mol. The van der Waals surface area contributed by atoms with Crippen LogP contribution in [0.25, 0.3) is 0 Å². The number of anilines is 1. The number of carbonyl (C=O) groups is 1. The van der Waals surface area contributed by atoms with Crippen LogP contribution < -0.4 is 14.4 Å². The van der Waals surface area contributed by atoms with Crippen molar-refractivity contribution in [3.05, 3.63) is 63.7 Å². The number of methoxy groups -OCH3 is 1. The van der Waals surface area contributed by atoms with Crippen LogP contribution in [0.3, 0.4) is 0 Å². The van der Waals surface area contributed by atoms with E-state index in [9.17, 15) is 23.3 Å². The predicted molar refractivity (Wildman–Crippen MR) is 135 cm³/mol. The molecule has 1 aliphatic rings. The Morgan fingerprint density at radius 3 is 2.39 bits per heavy atom. The SMILES string of the molecule is CCC(C(=O)NCc1ccc(CN2CCOCC2)cc1)N(c1cc([N+](=O)[O-])ccc1OC)S(C)(=O)=O. The Labute approximate surface area is 211 Å². The van der Waals surface area contributed by atoms with E-state index in [1.165, 1.54) is 19.2 Å². The molecule has 1 heterocycles. The maximum absolute atomic E-state index is 13.1. The fourth-order valence-electron chi connectivity index (χ4n) is 4.09. The zero-order chi connectivity index (χ0) is 26.3. The van der Waals surface area contributed by atoms with Crippen LogP contribution in [0.15, 0.2) is 42.5 Å². The molecule has 0 saturated carbocycles. The lowest BCUT2D eigenvalue weighted by molar-refractivity contribution is -0.384. The molecule has 0 spiro atoms. The molecule has 196 valence electrons. The lowest BCUT2D eigenvalue weighted by Crippen LogP contribution is -2.49. The number of benzene rings is 2. The molecule has 1 atom stereocenters. The second-order valence-corrected chi connectivity index (χ2v) is 10.4. The molecule has 0 bridgehead atoms. The van der Waals surface area contributed by atoms with Gasteiger partial charge in [0.25, 0.3) is 5.69 Å². The third-order valence-corrected chi connectivity index (χ3v) is 7.11. The summed E-state index contributed by atoms with van der Waals surface area (Å²) in [4.78, 5) is 26.1. The summed E-state index contributed by atoms with van der Waals surface area (Å²) in [6, 6.07) is 10.4. The fourth-order valence-corrected chi connectivity index (χ4v) is 5.29. The number of amides is 1. The summed E-state index contributed by atoms with van der Waals surface area (Å²) in [6.07, 6.45) is 1.09. The molecule has 1 aliphatic heterocycles. The van der Waals surface area contributed by atoms with Crippen LogP contribution in [0.2, 0.25) is 0 Å². The normalized spacial score (nSPS) is 15.2. The molecule has 1 unspecified atom stereocenters. The van der Waals surface area contributed by atoms with Gasteiger partial charge < -0.3 is 14.8 Å². The first-order valence-electron chi connectivity index (χ1n) is 11.6. The number of morpholine rings is 1. The molecule has 3 rings (SSSR count). The first kappa shape index (κ1) is 27.4. The van der Waals surface area contributed by atoms with Crippen LogP contribution in [-0.4, -0.2) is 69.9 Å². The van der Waals surface area contributed by atoms with E-state index in [0.29, 0.717) is 0 Å². The van der Waals surface area contributed by atoms with Gasteiger partial charge in [-0.25, -0.2) is 8.42 Å². The fraction of sp³-hybridized carbons (Fsp3) is 0.458. The van der Waals surface area contributed by atoms with Gasteiger partial charge in [0, 0.05) is 38.3 Å². The van der Waals surface area contributed by atoms with Gasteiger partial charge in [-0.1, -0.05) is 31.2 Å². The van der Waals surface area contributed by atoms with Crippen molar-refractivity contribution < 1.29 is 27.6 Å². The minimum Gasteiger partial charge on any atom is -0.495 e. The van der Waals surface area contributed by atoms with Crippen molar-refractivity contribution in [3.63, 3.8) is 0 Å². The van der Waals surface area contributed by atoms with Gasteiger partial charge in [0.1, 0.15) is 17.5 Å². The van der Waals surface area contributed by atoms with Crippen molar-refractivity contribution in [2.24, 2.45) is 0 Å². The number of nitro benzene ring substituents is 1. The van der Waals surface area contributed by atoms with Gasteiger partial charge in [-0.05, 0) is 23.6 Å². The highest BCUT2D eigenvalue weighted by atomic mass is 32.2. The van der Waals surface area contributed by atoms with Crippen LogP contribution in [0.1, 0.15) is 24.5 Å². The largest absolute Gasteiger partial charge is 0.495 e. The Bertz CT molecular complexity index is 1170. The predicted octanol–water partition coefficient (Wildman–Crippen LogP) is 2.30. The van der Waals surface area contributed by atoms with Gasteiger partial charge in [0.05, 0.1) is 31.5 Å². The highest BCUT2D eigenvalue weighted by Gasteiger charge is 2.34. The Kier molecular flexibility index (Phi) is 9.24. The van der Waals surface area contributed by atoms with Crippen LogP contribution >= 0.6 is 0 Å².